The number of halogens is 2. The normalized spacial score (nSPS) is 25.8. The van der Waals surface area contributed by atoms with E-state index >= 15 is 0 Å². The molecule has 3 aromatic rings. The third-order valence-corrected chi connectivity index (χ3v) is 10.9. The molecule has 3 aromatic carbocycles. The van der Waals surface area contributed by atoms with Crippen LogP contribution in [0.25, 0.3) is 0 Å². The van der Waals surface area contributed by atoms with Gasteiger partial charge in [0.2, 0.25) is 5.75 Å². The van der Waals surface area contributed by atoms with Crippen molar-refractivity contribution in [2.24, 2.45) is 10.2 Å². The Bertz CT molecular complexity index is 1910. The lowest BCUT2D eigenvalue weighted by atomic mass is 9.89. The summed E-state index contributed by atoms with van der Waals surface area (Å²) in [5.41, 5.74) is 1.40. The number of methoxy groups -OCH3 is 2. The van der Waals surface area contributed by atoms with Crippen molar-refractivity contribution in [2.45, 2.75) is 48.8 Å². The van der Waals surface area contributed by atoms with Gasteiger partial charge >= 0.3 is 22.5 Å². The summed E-state index contributed by atoms with van der Waals surface area (Å²) in [5, 5.41) is 9.68. The average molecular weight is 668 g/mol. The van der Waals surface area contributed by atoms with Crippen LogP contribution in [0, 0.1) is 11.6 Å². The van der Waals surface area contributed by atoms with Gasteiger partial charge in [0.25, 0.3) is 0 Å². The molecule has 0 bridgehead atoms. The van der Waals surface area contributed by atoms with E-state index < -0.39 is 57.0 Å². The predicted octanol–water partition coefficient (Wildman–Crippen LogP) is 4.85. The third kappa shape index (κ3) is 4.82. The summed E-state index contributed by atoms with van der Waals surface area (Å²) in [6.45, 7) is 0.575. The van der Waals surface area contributed by atoms with Crippen molar-refractivity contribution >= 4 is 28.2 Å². The number of azo groups is 1. The predicted molar refractivity (Wildman–Crippen MR) is 162 cm³/mol. The number of para-hydroxylation sites is 1. The summed E-state index contributed by atoms with van der Waals surface area (Å²) in [6, 6.07) is 14.8. The zero-order chi connectivity index (χ0) is 33.1. The largest absolute Gasteiger partial charge is 0.453 e. The Morgan fingerprint density at radius 1 is 0.851 bits per heavy atom. The summed E-state index contributed by atoms with van der Waals surface area (Å²) < 4.78 is 73.1. The standard InChI is InChI=1S/C32H31F2N5O7S/c1-44-29(40)38-15-13-31(21-8-4-3-7-19(21)17-26(31)38)36-35-25-12-5-9-22-20(25)18-27-32(22,14-16-39(27)30(41)45-2)37-47(42,43)46-28-23(33)10-6-11-24(28)34/h3-12,26-27,37H,13-18H2,1-2H3/t26-,27+,31-,32+/m0/s1. The molecule has 0 spiro atoms. The van der Waals surface area contributed by atoms with Crippen LogP contribution < -0.4 is 8.91 Å². The number of rotatable bonds is 6. The minimum absolute atomic E-state index is 0.121. The van der Waals surface area contributed by atoms with Gasteiger partial charge < -0.3 is 23.5 Å². The maximum absolute atomic E-state index is 14.4. The van der Waals surface area contributed by atoms with E-state index in [1.807, 2.05) is 24.3 Å². The molecule has 2 aliphatic carbocycles. The molecule has 12 nitrogen and oxygen atoms in total. The van der Waals surface area contributed by atoms with E-state index in [0.29, 0.717) is 36.2 Å². The molecule has 4 atom stereocenters. The molecule has 47 heavy (non-hydrogen) atoms. The number of hydrogen-bond acceptors (Lipinski definition) is 9. The van der Waals surface area contributed by atoms with Crippen LogP contribution in [0.2, 0.25) is 0 Å². The number of fused-ring (bicyclic) bond motifs is 6. The molecule has 1 N–H and O–H groups in total. The zero-order valence-electron chi connectivity index (χ0n) is 25.5. The molecule has 4 aliphatic rings. The maximum Gasteiger partial charge on any atom is 0.409 e. The highest BCUT2D eigenvalue weighted by atomic mass is 32.2. The van der Waals surface area contributed by atoms with Crippen molar-refractivity contribution in [3.8, 4) is 5.75 Å². The summed E-state index contributed by atoms with van der Waals surface area (Å²) in [6.07, 6.45) is 0.303. The number of ether oxygens (including phenoxy) is 2. The Morgan fingerprint density at radius 3 is 2.21 bits per heavy atom. The van der Waals surface area contributed by atoms with Crippen LogP contribution in [0.5, 0.6) is 5.75 Å². The Morgan fingerprint density at radius 2 is 1.49 bits per heavy atom. The van der Waals surface area contributed by atoms with Gasteiger partial charge in [0.15, 0.2) is 11.6 Å². The molecule has 2 aliphatic heterocycles. The zero-order valence-corrected chi connectivity index (χ0v) is 26.3. The van der Waals surface area contributed by atoms with E-state index in [-0.39, 0.29) is 25.4 Å². The van der Waals surface area contributed by atoms with Crippen LogP contribution in [0.15, 0.2) is 70.9 Å². The van der Waals surface area contributed by atoms with Crippen LogP contribution >= 0.6 is 0 Å². The van der Waals surface area contributed by atoms with Gasteiger partial charge in [-0.2, -0.15) is 23.4 Å². The number of amides is 2. The van der Waals surface area contributed by atoms with Crippen molar-refractivity contribution < 1.29 is 40.4 Å². The lowest BCUT2D eigenvalue weighted by Gasteiger charge is -2.32. The lowest BCUT2D eigenvalue weighted by molar-refractivity contribution is 0.111. The van der Waals surface area contributed by atoms with Crippen LogP contribution in [-0.4, -0.2) is 69.8 Å². The first-order valence-corrected chi connectivity index (χ1v) is 16.4. The Kier molecular flexibility index (Phi) is 7.43. The summed E-state index contributed by atoms with van der Waals surface area (Å²) in [7, 11) is -2.27. The second-order valence-electron chi connectivity index (χ2n) is 12.0. The smallest absolute Gasteiger partial charge is 0.409 e. The van der Waals surface area contributed by atoms with Crippen molar-refractivity contribution in [2.75, 3.05) is 27.3 Å². The summed E-state index contributed by atoms with van der Waals surface area (Å²) in [4.78, 5) is 28.6. The van der Waals surface area contributed by atoms with Gasteiger partial charge in [-0.15, -0.1) is 0 Å². The molecule has 2 heterocycles. The molecule has 0 unspecified atom stereocenters. The van der Waals surface area contributed by atoms with E-state index in [0.717, 1.165) is 29.3 Å². The van der Waals surface area contributed by atoms with E-state index in [1.165, 1.54) is 19.1 Å². The van der Waals surface area contributed by atoms with Crippen molar-refractivity contribution in [1.82, 2.24) is 14.5 Å². The highest BCUT2D eigenvalue weighted by Gasteiger charge is 2.59. The van der Waals surface area contributed by atoms with Crippen LogP contribution in [-0.2, 0) is 43.7 Å². The average Bonchev–Trinajstić information content (AvgIpc) is 3.77. The van der Waals surface area contributed by atoms with Gasteiger partial charge in [-0.1, -0.05) is 42.5 Å². The molecule has 7 rings (SSSR count). The monoisotopic (exact) mass is 667 g/mol. The number of likely N-dealkylation sites (tertiary alicyclic amines) is 2. The number of hydrogen-bond donors (Lipinski definition) is 1. The van der Waals surface area contributed by atoms with Crippen LogP contribution in [0.1, 0.15) is 35.1 Å². The van der Waals surface area contributed by atoms with E-state index in [4.69, 9.17) is 23.9 Å². The second-order valence-corrected chi connectivity index (χ2v) is 13.3. The molecular formula is C32H31F2N5O7S. The van der Waals surface area contributed by atoms with Crippen LogP contribution in [0.3, 0.4) is 0 Å². The molecular weight excluding hydrogens is 636 g/mol. The number of nitrogens with zero attached hydrogens (tertiary/aromatic N) is 4. The van der Waals surface area contributed by atoms with Gasteiger partial charge in [0, 0.05) is 13.1 Å². The Hall–Kier alpha value is -4.63. The molecule has 2 saturated heterocycles. The third-order valence-electron chi connectivity index (χ3n) is 9.85. The van der Waals surface area contributed by atoms with Gasteiger partial charge in [-0.3, -0.25) is 0 Å². The lowest BCUT2D eigenvalue weighted by Crippen LogP contribution is -2.53. The molecule has 0 saturated carbocycles. The molecule has 0 aromatic heterocycles. The number of nitrogens with one attached hydrogen (secondary N) is 1. The number of carbonyl (C=O) groups excluding carboxylic acids is 2. The minimum atomic E-state index is -4.84. The quantitative estimate of drug-likeness (QED) is 0.371. The maximum atomic E-state index is 14.4. The molecule has 2 amide bonds. The highest BCUT2D eigenvalue weighted by Crippen LogP contribution is 2.52. The van der Waals surface area contributed by atoms with Crippen molar-refractivity contribution in [3.05, 3.63) is 94.6 Å². The highest BCUT2D eigenvalue weighted by molar-refractivity contribution is 7.85. The van der Waals surface area contributed by atoms with Crippen molar-refractivity contribution in [1.29, 1.82) is 0 Å². The summed E-state index contributed by atoms with van der Waals surface area (Å²) >= 11 is 0. The Balaban J connectivity index is 1.28. The first-order valence-electron chi connectivity index (χ1n) is 15.0. The molecule has 2 fully saturated rings. The molecule has 246 valence electrons. The van der Waals surface area contributed by atoms with Crippen LogP contribution in [0.4, 0.5) is 24.1 Å². The fourth-order valence-electron chi connectivity index (χ4n) is 7.85. The van der Waals surface area contributed by atoms with E-state index in [9.17, 15) is 26.8 Å². The molecule has 15 heteroatoms. The fourth-order valence-corrected chi connectivity index (χ4v) is 9.06. The second kappa shape index (κ2) is 11.3. The minimum Gasteiger partial charge on any atom is -0.453 e. The van der Waals surface area contributed by atoms with E-state index in [2.05, 4.69) is 4.72 Å². The molecule has 0 radical (unpaired) electrons. The first-order chi connectivity index (χ1) is 22.5. The number of carbonyl (C=O) groups is 2. The van der Waals surface area contributed by atoms with E-state index in [1.54, 1.807) is 23.1 Å². The topological polar surface area (TPSA) is 139 Å². The fraction of sp³-hybridized carbons (Fsp3) is 0.375. The van der Waals surface area contributed by atoms with Gasteiger partial charge in [0.05, 0.1) is 37.5 Å². The Labute approximate surface area is 269 Å². The van der Waals surface area contributed by atoms with Gasteiger partial charge in [-0.05, 0) is 66.1 Å². The SMILES string of the molecule is COC(=O)N1CC[C@]2(N=Nc3cccc4c3C[C@H]3N(C(=O)OC)CC[C@@]43NS(=O)(=O)Oc3c(F)cccc3F)c3ccccc3C[C@H]12. The van der Waals surface area contributed by atoms with Gasteiger partial charge in [-0.25, -0.2) is 18.4 Å². The van der Waals surface area contributed by atoms with Crippen molar-refractivity contribution in [3.63, 3.8) is 0 Å². The first kappa shape index (κ1) is 31.0. The summed E-state index contributed by atoms with van der Waals surface area (Å²) in [5.74, 6) is -3.45. The number of benzene rings is 3. The van der Waals surface area contributed by atoms with Gasteiger partial charge in [0.1, 0.15) is 5.54 Å².